The molecule has 0 spiro atoms. The molecule has 2 N–H and O–H groups in total. The van der Waals surface area contributed by atoms with E-state index in [0.717, 1.165) is 0 Å². The van der Waals surface area contributed by atoms with Crippen LogP contribution in [0.4, 0.5) is 0 Å². The zero-order valence-electron chi connectivity index (χ0n) is 13.9. The number of hydrogen-bond acceptors (Lipinski definition) is 3. The van der Waals surface area contributed by atoms with Crippen LogP contribution in [0, 0.1) is 0 Å². The Kier molecular flexibility index (Phi) is 4.34. The Morgan fingerprint density at radius 2 is 1.08 bits per heavy atom. The van der Waals surface area contributed by atoms with Gasteiger partial charge in [-0.25, -0.2) is 0 Å². The van der Waals surface area contributed by atoms with Crippen molar-refractivity contribution in [1.82, 2.24) is 9.80 Å². The molecule has 0 radical (unpaired) electrons. The van der Waals surface area contributed by atoms with Crippen LogP contribution in [0.2, 0.25) is 0 Å². The number of thiocarbonyl (C=S) groups is 1. The zero-order chi connectivity index (χ0) is 17.4. The Balaban J connectivity index is 2.31. The standard InChI is InChI=1S/C19H22N2O2S/c1-3-20-17(24)21(4-2)19(23,16-13-9-6-10-14-16)18(20,22)15-11-7-5-8-12-15/h5-14,22-23H,3-4H2,1-2H3. The molecule has 3 rings (SSSR count). The minimum Gasteiger partial charge on any atom is -0.363 e. The summed E-state index contributed by atoms with van der Waals surface area (Å²) in [6.07, 6.45) is 0. The largest absolute Gasteiger partial charge is 0.363 e. The molecule has 0 aliphatic carbocycles. The van der Waals surface area contributed by atoms with Gasteiger partial charge in [-0.1, -0.05) is 60.7 Å². The zero-order valence-corrected chi connectivity index (χ0v) is 14.7. The minimum absolute atomic E-state index is 0.442. The van der Waals surface area contributed by atoms with E-state index in [-0.39, 0.29) is 0 Å². The lowest BCUT2D eigenvalue weighted by Gasteiger charge is -2.43. The van der Waals surface area contributed by atoms with E-state index in [1.807, 2.05) is 74.5 Å². The van der Waals surface area contributed by atoms with Crippen LogP contribution >= 0.6 is 12.2 Å². The molecule has 1 aliphatic heterocycles. The molecule has 0 saturated carbocycles. The van der Waals surface area contributed by atoms with Gasteiger partial charge in [0.2, 0.25) is 11.4 Å². The van der Waals surface area contributed by atoms with Crippen molar-refractivity contribution < 1.29 is 10.2 Å². The van der Waals surface area contributed by atoms with Crippen molar-refractivity contribution in [3.63, 3.8) is 0 Å². The van der Waals surface area contributed by atoms with Gasteiger partial charge in [-0.2, -0.15) is 0 Å². The summed E-state index contributed by atoms with van der Waals surface area (Å²) in [5.74, 6) is 0. The molecule has 2 aromatic carbocycles. The van der Waals surface area contributed by atoms with Gasteiger partial charge in [-0.15, -0.1) is 0 Å². The predicted octanol–water partition coefficient (Wildman–Crippen LogP) is 2.62. The third-order valence-corrected chi connectivity index (χ3v) is 5.16. The van der Waals surface area contributed by atoms with Gasteiger partial charge in [-0.05, 0) is 26.1 Å². The van der Waals surface area contributed by atoms with Gasteiger partial charge in [0.1, 0.15) is 0 Å². The van der Waals surface area contributed by atoms with E-state index >= 15 is 0 Å². The number of nitrogens with zero attached hydrogens (tertiary/aromatic N) is 2. The van der Waals surface area contributed by atoms with Crippen LogP contribution in [0.15, 0.2) is 60.7 Å². The van der Waals surface area contributed by atoms with Gasteiger partial charge >= 0.3 is 0 Å². The minimum atomic E-state index is -1.67. The number of hydrogen-bond donors (Lipinski definition) is 2. The highest BCUT2D eigenvalue weighted by Gasteiger charge is 2.65. The quantitative estimate of drug-likeness (QED) is 0.837. The normalized spacial score (nSPS) is 26.9. The number of aliphatic hydroxyl groups is 2. The molecule has 126 valence electrons. The first-order valence-electron chi connectivity index (χ1n) is 8.16. The first-order valence-corrected chi connectivity index (χ1v) is 8.57. The Labute approximate surface area is 148 Å². The topological polar surface area (TPSA) is 46.9 Å². The Bertz CT molecular complexity index is 663. The second kappa shape index (κ2) is 6.16. The van der Waals surface area contributed by atoms with Gasteiger partial charge < -0.3 is 20.0 Å². The van der Waals surface area contributed by atoms with Crippen LogP contribution in [0.25, 0.3) is 0 Å². The molecule has 4 nitrogen and oxygen atoms in total. The van der Waals surface area contributed by atoms with Crippen molar-refractivity contribution in [2.24, 2.45) is 0 Å². The highest BCUT2D eigenvalue weighted by Crippen LogP contribution is 2.51. The van der Waals surface area contributed by atoms with E-state index < -0.39 is 11.4 Å². The Morgan fingerprint density at radius 1 is 0.750 bits per heavy atom. The van der Waals surface area contributed by atoms with Crippen molar-refractivity contribution in [3.8, 4) is 0 Å². The maximum absolute atomic E-state index is 11.8. The summed E-state index contributed by atoms with van der Waals surface area (Å²) < 4.78 is 0. The first-order chi connectivity index (χ1) is 11.5. The van der Waals surface area contributed by atoms with Gasteiger partial charge in [-0.3, -0.25) is 0 Å². The third kappa shape index (κ3) is 2.09. The molecular weight excluding hydrogens is 320 g/mol. The van der Waals surface area contributed by atoms with Crippen LogP contribution in [0.1, 0.15) is 25.0 Å². The number of benzene rings is 2. The summed E-state index contributed by atoms with van der Waals surface area (Å²) in [6, 6.07) is 18.4. The predicted molar refractivity (Wildman–Crippen MR) is 98.0 cm³/mol. The van der Waals surface area contributed by atoms with Crippen LogP contribution in [0.3, 0.4) is 0 Å². The fourth-order valence-electron chi connectivity index (χ4n) is 3.58. The molecule has 24 heavy (non-hydrogen) atoms. The molecule has 2 aromatic rings. The summed E-state index contributed by atoms with van der Waals surface area (Å²) in [5, 5.41) is 24.1. The van der Waals surface area contributed by atoms with Crippen LogP contribution < -0.4 is 0 Å². The van der Waals surface area contributed by atoms with E-state index in [1.165, 1.54) is 0 Å². The van der Waals surface area contributed by atoms with Crippen LogP contribution in [0.5, 0.6) is 0 Å². The SMILES string of the molecule is CCN1C(=S)N(CC)C(O)(c2ccccc2)C1(O)c1ccccc1. The molecule has 1 aliphatic rings. The van der Waals surface area contributed by atoms with Gasteiger partial charge in [0.05, 0.1) is 0 Å². The summed E-state index contributed by atoms with van der Waals surface area (Å²) >= 11 is 5.59. The van der Waals surface area contributed by atoms with Crippen molar-refractivity contribution in [2.75, 3.05) is 13.1 Å². The fraction of sp³-hybridized carbons (Fsp3) is 0.316. The monoisotopic (exact) mass is 342 g/mol. The van der Waals surface area contributed by atoms with E-state index in [4.69, 9.17) is 12.2 Å². The Morgan fingerprint density at radius 3 is 1.38 bits per heavy atom. The molecule has 2 atom stereocenters. The number of rotatable bonds is 4. The van der Waals surface area contributed by atoms with E-state index in [0.29, 0.717) is 29.3 Å². The molecular formula is C19H22N2O2S. The van der Waals surface area contributed by atoms with Crippen molar-refractivity contribution in [1.29, 1.82) is 0 Å². The van der Waals surface area contributed by atoms with Crippen LogP contribution in [-0.4, -0.2) is 38.2 Å². The highest BCUT2D eigenvalue weighted by molar-refractivity contribution is 7.80. The smallest absolute Gasteiger partial charge is 0.220 e. The molecule has 2 unspecified atom stereocenters. The molecule has 0 amide bonds. The highest BCUT2D eigenvalue weighted by atomic mass is 32.1. The summed E-state index contributed by atoms with van der Waals surface area (Å²) in [5.41, 5.74) is -2.12. The summed E-state index contributed by atoms with van der Waals surface area (Å²) in [7, 11) is 0. The third-order valence-electron chi connectivity index (χ3n) is 4.71. The maximum Gasteiger partial charge on any atom is 0.220 e. The molecule has 1 heterocycles. The Hall–Kier alpha value is -1.95. The van der Waals surface area contributed by atoms with E-state index in [9.17, 15) is 10.2 Å². The molecule has 0 bridgehead atoms. The summed E-state index contributed by atoms with van der Waals surface area (Å²) in [6.45, 7) is 4.81. The molecule has 1 saturated heterocycles. The van der Waals surface area contributed by atoms with Crippen molar-refractivity contribution in [2.45, 2.75) is 25.3 Å². The second-order valence-corrected chi connectivity index (χ2v) is 6.21. The lowest BCUT2D eigenvalue weighted by atomic mass is 9.85. The fourth-order valence-corrected chi connectivity index (χ4v) is 4.10. The first kappa shape index (κ1) is 16.9. The summed E-state index contributed by atoms with van der Waals surface area (Å²) in [4.78, 5) is 3.38. The number of likely N-dealkylation sites (N-methyl/N-ethyl adjacent to an activating group) is 2. The van der Waals surface area contributed by atoms with Crippen molar-refractivity contribution in [3.05, 3.63) is 71.8 Å². The average molecular weight is 342 g/mol. The van der Waals surface area contributed by atoms with E-state index in [2.05, 4.69) is 0 Å². The molecule has 5 heteroatoms. The molecule has 0 aromatic heterocycles. The molecule has 1 fully saturated rings. The second-order valence-electron chi connectivity index (χ2n) is 5.85. The lowest BCUT2D eigenvalue weighted by Crippen LogP contribution is -2.57. The van der Waals surface area contributed by atoms with Gasteiger partial charge in [0.25, 0.3) is 0 Å². The van der Waals surface area contributed by atoms with Gasteiger partial charge in [0, 0.05) is 24.2 Å². The maximum atomic E-state index is 11.8. The lowest BCUT2D eigenvalue weighted by molar-refractivity contribution is -0.243. The average Bonchev–Trinajstić information content (AvgIpc) is 2.80. The van der Waals surface area contributed by atoms with E-state index in [1.54, 1.807) is 9.80 Å². The van der Waals surface area contributed by atoms with Crippen LogP contribution in [-0.2, 0) is 11.4 Å². The van der Waals surface area contributed by atoms with Gasteiger partial charge in [0.15, 0.2) is 5.11 Å². The van der Waals surface area contributed by atoms with Crippen molar-refractivity contribution >= 4 is 17.3 Å².